The molecule has 16 heavy (non-hydrogen) atoms. The van der Waals surface area contributed by atoms with Crippen molar-refractivity contribution < 1.29 is 14.6 Å². The minimum atomic E-state index is -0.858. The normalized spacial score (nSPS) is 19.4. The Morgan fingerprint density at radius 2 is 2.19 bits per heavy atom. The van der Waals surface area contributed by atoms with Crippen LogP contribution < -0.4 is 0 Å². The summed E-state index contributed by atoms with van der Waals surface area (Å²) in [5.74, 6) is -0.858. The molecule has 2 rings (SSSR count). The van der Waals surface area contributed by atoms with Gasteiger partial charge in [-0.25, -0.2) is 4.79 Å². The number of hydrogen-bond acceptors (Lipinski definition) is 3. The molecule has 0 spiro atoms. The van der Waals surface area contributed by atoms with Gasteiger partial charge in [0.15, 0.2) is 6.10 Å². The molecule has 88 valence electrons. The lowest BCUT2D eigenvalue weighted by molar-refractivity contribution is -0.150. The molecule has 1 saturated carbocycles. The number of carboxylic acid groups (broad SMARTS) is 1. The maximum absolute atomic E-state index is 11.2. The first-order valence-electron chi connectivity index (χ1n) is 5.34. The fourth-order valence-electron chi connectivity index (χ4n) is 2.50. The SMILES string of the molecule is COC(C(=O)O)C1(c2cc(C)sc2C)CC1. The van der Waals surface area contributed by atoms with Gasteiger partial charge in [0.1, 0.15) is 0 Å². The van der Waals surface area contributed by atoms with Crippen molar-refractivity contribution in [2.45, 2.75) is 38.2 Å². The highest BCUT2D eigenvalue weighted by Crippen LogP contribution is 2.54. The molecule has 1 N–H and O–H groups in total. The van der Waals surface area contributed by atoms with Crippen LogP contribution in [-0.4, -0.2) is 24.3 Å². The molecule has 1 aromatic rings. The van der Waals surface area contributed by atoms with Gasteiger partial charge >= 0.3 is 5.97 Å². The quantitative estimate of drug-likeness (QED) is 0.879. The second kappa shape index (κ2) is 3.86. The molecular weight excluding hydrogens is 224 g/mol. The number of aliphatic carboxylic acids is 1. The molecule has 3 nitrogen and oxygen atoms in total. The number of ether oxygens (including phenoxy) is 1. The molecule has 1 aromatic heterocycles. The van der Waals surface area contributed by atoms with Crippen molar-refractivity contribution in [3.8, 4) is 0 Å². The van der Waals surface area contributed by atoms with E-state index in [1.807, 2.05) is 0 Å². The summed E-state index contributed by atoms with van der Waals surface area (Å²) < 4.78 is 5.16. The Morgan fingerprint density at radius 3 is 2.50 bits per heavy atom. The zero-order chi connectivity index (χ0) is 11.9. The van der Waals surface area contributed by atoms with Crippen molar-refractivity contribution in [2.75, 3.05) is 7.11 Å². The topological polar surface area (TPSA) is 46.5 Å². The van der Waals surface area contributed by atoms with Crippen LogP contribution in [-0.2, 0) is 14.9 Å². The molecule has 0 aromatic carbocycles. The summed E-state index contributed by atoms with van der Waals surface area (Å²) in [6.45, 7) is 4.11. The number of carboxylic acids is 1. The first kappa shape index (κ1) is 11.6. The molecule has 1 heterocycles. The Hall–Kier alpha value is -0.870. The van der Waals surface area contributed by atoms with Crippen molar-refractivity contribution in [3.05, 3.63) is 21.4 Å². The van der Waals surface area contributed by atoms with E-state index in [1.54, 1.807) is 11.3 Å². The zero-order valence-electron chi connectivity index (χ0n) is 9.74. The minimum Gasteiger partial charge on any atom is -0.479 e. The van der Waals surface area contributed by atoms with Gasteiger partial charge in [-0.1, -0.05) is 0 Å². The van der Waals surface area contributed by atoms with Gasteiger partial charge < -0.3 is 9.84 Å². The largest absolute Gasteiger partial charge is 0.479 e. The minimum absolute atomic E-state index is 0.268. The van der Waals surface area contributed by atoms with Crippen molar-refractivity contribution in [2.24, 2.45) is 0 Å². The highest BCUT2D eigenvalue weighted by atomic mass is 32.1. The lowest BCUT2D eigenvalue weighted by Crippen LogP contribution is -2.35. The number of carbonyl (C=O) groups is 1. The van der Waals surface area contributed by atoms with Gasteiger partial charge in [-0.15, -0.1) is 11.3 Å². The highest BCUT2D eigenvalue weighted by Gasteiger charge is 2.55. The first-order chi connectivity index (χ1) is 7.51. The third kappa shape index (κ3) is 1.66. The van der Waals surface area contributed by atoms with E-state index in [2.05, 4.69) is 19.9 Å². The predicted octanol–water partition coefficient (Wildman–Crippen LogP) is 2.50. The Morgan fingerprint density at radius 1 is 1.56 bits per heavy atom. The van der Waals surface area contributed by atoms with E-state index in [0.717, 1.165) is 12.8 Å². The standard InChI is InChI=1S/C12H16O3S/c1-7-6-9(8(2)16-7)12(4-5-12)10(15-3)11(13)14/h6,10H,4-5H2,1-3H3,(H,13,14). The van der Waals surface area contributed by atoms with Crippen LogP contribution in [0.2, 0.25) is 0 Å². The molecule has 1 unspecified atom stereocenters. The number of rotatable bonds is 4. The van der Waals surface area contributed by atoms with E-state index in [1.165, 1.54) is 22.4 Å². The molecule has 1 fully saturated rings. The number of methoxy groups -OCH3 is 1. The fraction of sp³-hybridized carbons (Fsp3) is 0.583. The van der Waals surface area contributed by atoms with Gasteiger partial charge in [-0.05, 0) is 38.3 Å². The summed E-state index contributed by atoms with van der Waals surface area (Å²) in [7, 11) is 1.48. The van der Waals surface area contributed by atoms with E-state index < -0.39 is 12.1 Å². The molecule has 0 amide bonds. The summed E-state index contributed by atoms with van der Waals surface area (Å²) in [6, 6.07) is 2.11. The van der Waals surface area contributed by atoms with Crippen molar-refractivity contribution in [1.82, 2.24) is 0 Å². The molecule has 0 radical (unpaired) electrons. The molecule has 1 atom stereocenters. The lowest BCUT2D eigenvalue weighted by atomic mass is 9.90. The van der Waals surface area contributed by atoms with Gasteiger partial charge in [0, 0.05) is 22.3 Å². The average molecular weight is 240 g/mol. The third-order valence-corrected chi connectivity index (χ3v) is 4.29. The Kier molecular flexibility index (Phi) is 2.80. The van der Waals surface area contributed by atoms with Crippen LogP contribution in [0.1, 0.15) is 28.2 Å². The average Bonchev–Trinajstić information content (AvgIpc) is 2.89. The lowest BCUT2D eigenvalue weighted by Gasteiger charge is -2.22. The Bertz CT molecular complexity index is 418. The molecule has 1 aliphatic carbocycles. The van der Waals surface area contributed by atoms with Gasteiger partial charge in [-0.3, -0.25) is 0 Å². The van der Waals surface area contributed by atoms with Gasteiger partial charge in [0.25, 0.3) is 0 Å². The predicted molar refractivity (Wildman–Crippen MR) is 63.1 cm³/mol. The van der Waals surface area contributed by atoms with Crippen molar-refractivity contribution >= 4 is 17.3 Å². The molecular formula is C12H16O3S. The van der Waals surface area contributed by atoms with E-state index in [0.29, 0.717) is 0 Å². The molecule has 0 saturated heterocycles. The van der Waals surface area contributed by atoms with Gasteiger partial charge in [-0.2, -0.15) is 0 Å². The van der Waals surface area contributed by atoms with E-state index in [9.17, 15) is 9.90 Å². The molecule has 4 heteroatoms. The Balaban J connectivity index is 2.39. The van der Waals surface area contributed by atoms with E-state index >= 15 is 0 Å². The number of aryl methyl sites for hydroxylation is 2. The monoisotopic (exact) mass is 240 g/mol. The summed E-state index contributed by atoms with van der Waals surface area (Å²) in [6.07, 6.45) is 1.11. The van der Waals surface area contributed by atoms with Gasteiger partial charge in [0.2, 0.25) is 0 Å². The number of hydrogen-bond donors (Lipinski definition) is 1. The molecule has 1 aliphatic rings. The summed E-state index contributed by atoms with van der Waals surface area (Å²) >= 11 is 1.73. The van der Waals surface area contributed by atoms with Crippen LogP contribution >= 0.6 is 11.3 Å². The van der Waals surface area contributed by atoms with Crippen molar-refractivity contribution in [3.63, 3.8) is 0 Å². The molecule has 0 aliphatic heterocycles. The molecule has 0 bridgehead atoms. The summed E-state index contributed by atoms with van der Waals surface area (Å²) in [5.41, 5.74) is 0.902. The highest BCUT2D eigenvalue weighted by molar-refractivity contribution is 7.12. The van der Waals surface area contributed by atoms with Crippen LogP contribution in [0.25, 0.3) is 0 Å². The third-order valence-electron chi connectivity index (χ3n) is 3.33. The van der Waals surface area contributed by atoms with Gasteiger partial charge in [0.05, 0.1) is 0 Å². The van der Waals surface area contributed by atoms with Crippen LogP contribution in [0, 0.1) is 13.8 Å². The smallest absolute Gasteiger partial charge is 0.333 e. The Labute approximate surface area is 99.1 Å². The second-order valence-electron chi connectivity index (χ2n) is 4.44. The zero-order valence-corrected chi connectivity index (χ0v) is 10.6. The second-order valence-corrected chi connectivity index (χ2v) is 5.90. The maximum atomic E-state index is 11.2. The van der Waals surface area contributed by atoms with Crippen LogP contribution in [0.3, 0.4) is 0 Å². The van der Waals surface area contributed by atoms with Crippen LogP contribution in [0.4, 0.5) is 0 Å². The van der Waals surface area contributed by atoms with Crippen molar-refractivity contribution in [1.29, 1.82) is 0 Å². The van der Waals surface area contributed by atoms with E-state index in [-0.39, 0.29) is 5.41 Å². The fourth-order valence-corrected chi connectivity index (χ4v) is 3.53. The van der Waals surface area contributed by atoms with Crippen LogP contribution in [0.5, 0.6) is 0 Å². The first-order valence-corrected chi connectivity index (χ1v) is 6.16. The maximum Gasteiger partial charge on any atom is 0.333 e. The summed E-state index contributed by atoms with van der Waals surface area (Å²) in [4.78, 5) is 13.6. The van der Waals surface area contributed by atoms with Crippen LogP contribution in [0.15, 0.2) is 6.07 Å². The van der Waals surface area contributed by atoms with E-state index in [4.69, 9.17) is 4.74 Å². The number of thiophene rings is 1. The summed E-state index contributed by atoms with van der Waals surface area (Å²) in [5, 5.41) is 9.19.